The van der Waals surface area contributed by atoms with Gasteiger partial charge in [-0.05, 0) is 12.8 Å². The number of nitrogens with zero attached hydrogens (tertiary/aromatic N) is 3. The molecule has 0 spiro atoms. The molecule has 0 radical (unpaired) electrons. The van der Waals surface area contributed by atoms with Crippen LogP contribution in [-0.2, 0) is 5.41 Å². The minimum Gasteiger partial charge on any atom is -0.250 e. The first-order valence-electron chi connectivity index (χ1n) is 4.49. The Morgan fingerprint density at radius 1 is 1.42 bits per heavy atom. The Hall–Kier alpha value is -0.860. The number of hydrogen-bond acceptors (Lipinski definition) is 2. The summed E-state index contributed by atoms with van der Waals surface area (Å²) in [7, 11) is 0. The highest BCUT2D eigenvalue weighted by Gasteiger charge is 2.27. The molecule has 1 aliphatic carbocycles. The zero-order valence-corrected chi connectivity index (χ0v) is 7.91. The fraction of sp³-hybridized carbons (Fsp3) is 0.778. The second-order valence-corrected chi connectivity index (χ2v) is 4.53. The van der Waals surface area contributed by atoms with E-state index in [1.807, 2.05) is 11.0 Å². The SMILES string of the molecule is CC(C)(C)c1ncn(C2CC2)n1. The van der Waals surface area contributed by atoms with Crippen LogP contribution in [0.5, 0.6) is 0 Å². The van der Waals surface area contributed by atoms with Crippen molar-refractivity contribution in [2.75, 3.05) is 0 Å². The van der Waals surface area contributed by atoms with E-state index in [1.54, 1.807) is 0 Å². The monoisotopic (exact) mass is 165 g/mol. The van der Waals surface area contributed by atoms with Gasteiger partial charge in [0.15, 0.2) is 5.82 Å². The molecule has 1 heterocycles. The molecule has 1 fully saturated rings. The minimum atomic E-state index is 0.0835. The molecule has 2 rings (SSSR count). The van der Waals surface area contributed by atoms with E-state index < -0.39 is 0 Å². The zero-order chi connectivity index (χ0) is 8.77. The van der Waals surface area contributed by atoms with Crippen molar-refractivity contribution in [1.82, 2.24) is 14.8 Å². The van der Waals surface area contributed by atoms with Crippen LogP contribution in [0.4, 0.5) is 0 Å². The molecule has 0 N–H and O–H groups in total. The summed E-state index contributed by atoms with van der Waals surface area (Å²) in [5, 5.41) is 4.45. The topological polar surface area (TPSA) is 30.7 Å². The largest absolute Gasteiger partial charge is 0.250 e. The molecule has 0 bridgehead atoms. The average molecular weight is 165 g/mol. The molecule has 0 unspecified atom stereocenters. The molecule has 3 nitrogen and oxygen atoms in total. The summed E-state index contributed by atoms with van der Waals surface area (Å²) in [5.74, 6) is 0.953. The molecule has 0 saturated heterocycles. The summed E-state index contributed by atoms with van der Waals surface area (Å²) in [6.07, 6.45) is 4.40. The van der Waals surface area contributed by atoms with Crippen LogP contribution in [0.25, 0.3) is 0 Å². The molecule has 3 heteroatoms. The van der Waals surface area contributed by atoms with E-state index in [0.29, 0.717) is 6.04 Å². The third-order valence-corrected chi connectivity index (χ3v) is 2.10. The van der Waals surface area contributed by atoms with Crippen molar-refractivity contribution in [3.05, 3.63) is 12.2 Å². The molecular weight excluding hydrogens is 150 g/mol. The van der Waals surface area contributed by atoms with Crippen LogP contribution in [0.2, 0.25) is 0 Å². The van der Waals surface area contributed by atoms with Gasteiger partial charge in [-0.25, -0.2) is 9.67 Å². The third-order valence-electron chi connectivity index (χ3n) is 2.10. The Kier molecular flexibility index (Phi) is 1.50. The summed E-state index contributed by atoms with van der Waals surface area (Å²) in [6, 6.07) is 0.647. The predicted molar refractivity (Wildman–Crippen MR) is 47.0 cm³/mol. The van der Waals surface area contributed by atoms with Gasteiger partial charge < -0.3 is 0 Å². The lowest BCUT2D eigenvalue weighted by atomic mass is 9.96. The summed E-state index contributed by atoms with van der Waals surface area (Å²) >= 11 is 0. The lowest BCUT2D eigenvalue weighted by Gasteiger charge is -2.12. The van der Waals surface area contributed by atoms with E-state index >= 15 is 0 Å². The molecule has 0 aliphatic heterocycles. The standard InChI is InChI=1S/C9H15N3/c1-9(2,3)8-10-6-12(11-8)7-4-5-7/h6-7H,4-5H2,1-3H3. The molecule has 66 valence electrons. The first-order chi connectivity index (χ1) is 5.57. The van der Waals surface area contributed by atoms with Gasteiger partial charge in [0.2, 0.25) is 0 Å². The van der Waals surface area contributed by atoms with E-state index in [-0.39, 0.29) is 5.41 Å². The molecule has 1 aromatic heterocycles. The average Bonchev–Trinajstić information content (AvgIpc) is 2.66. The summed E-state index contributed by atoms with van der Waals surface area (Å²) in [6.45, 7) is 6.42. The fourth-order valence-corrected chi connectivity index (χ4v) is 1.13. The van der Waals surface area contributed by atoms with Crippen molar-refractivity contribution in [2.45, 2.75) is 45.1 Å². The highest BCUT2D eigenvalue weighted by molar-refractivity contribution is 4.99. The van der Waals surface area contributed by atoms with Crippen LogP contribution >= 0.6 is 0 Å². The molecule has 0 aromatic carbocycles. The van der Waals surface area contributed by atoms with Crippen LogP contribution in [0.3, 0.4) is 0 Å². The number of rotatable bonds is 1. The Labute approximate surface area is 72.8 Å². The van der Waals surface area contributed by atoms with Gasteiger partial charge in [0.05, 0.1) is 6.04 Å². The summed E-state index contributed by atoms with van der Waals surface area (Å²) < 4.78 is 2.00. The lowest BCUT2D eigenvalue weighted by Crippen LogP contribution is -2.14. The number of hydrogen-bond donors (Lipinski definition) is 0. The fourth-order valence-electron chi connectivity index (χ4n) is 1.13. The molecule has 0 amide bonds. The minimum absolute atomic E-state index is 0.0835. The highest BCUT2D eigenvalue weighted by Crippen LogP contribution is 2.34. The van der Waals surface area contributed by atoms with Crippen LogP contribution in [-0.4, -0.2) is 14.8 Å². The molecule has 1 saturated carbocycles. The Bertz CT molecular complexity index is 278. The maximum absolute atomic E-state index is 4.45. The first kappa shape index (κ1) is 7.77. The van der Waals surface area contributed by atoms with Gasteiger partial charge in [0.25, 0.3) is 0 Å². The molecule has 1 aromatic rings. The highest BCUT2D eigenvalue weighted by atomic mass is 15.4. The van der Waals surface area contributed by atoms with Crippen LogP contribution in [0.1, 0.15) is 45.5 Å². The van der Waals surface area contributed by atoms with Crippen molar-refractivity contribution in [1.29, 1.82) is 0 Å². The predicted octanol–water partition coefficient (Wildman–Crippen LogP) is 1.91. The second kappa shape index (κ2) is 2.31. The van der Waals surface area contributed by atoms with Crippen LogP contribution in [0.15, 0.2) is 6.33 Å². The molecule has 0 atom stereocenters. The molecule has 1 aliphatic rings. The second-order valence-electron chi connectivity index (χ2n) is 4.53. The van der Waals surface area contributed by atoms with E-state index in [2.05, 4.69) is 30.9 Å². The Balaban J connectivity index is 2.23. The Morgan fingerprint density at radius 2 is 2.08 bits per heavy atom. The maximum Gasteiger partial charge on any atom is 0.155 e. The lowest BCUT2D eigenvalue weighted by molar-refractivity contribution is 0.527. The van der Waals surface area contributed by atoms with Gasteiger partial charge in [-0.3, -0.25) is 0 Å². The van der Waals surface area contributed by atoms with Gasteiger partial charge in [-0.1, -0.05) is 20.8 Å². The van der Waals surface area contributed by atoms with Crippen molar-refractivity contribution < 1.29 is 0 Å². The number of aromatic nitrogens is 3. The summed E-state index contributed by atoms with van der Waals surface area (Å²) in [4.78, 5) is 4.30. The van der Waals surface area contributed by atoms with Gasteiger partial charge in [0, 0.05) is 5.41 Å². The van der Waals surface area contributed by atoms with Crippen molar-refractivity contribution >= 4 is 0 Å². The van der Waals surface area contributed by atoms with E-state index in [9.17, 15) is 0 Å². The van der Waals surface area contributed by atoms with E-state index in [4.69, 9.17) is 0 Å². The normalized spacial score (nSPS) is 18.2. The quantitative estimate of drug-likeness (QED) is 0.636. The molecule has 12 heavy (non-hydrogen) atoms. The van der Waals surface area contributed by atoms with Gasteiger partial charge in [0.1, 0.15) is 6.33 Å². The van der Waals surface area contributed by atoms with Gasteiger partial charge in [-0.2, -0.15) is 5.10 Å². The van der Waals surface area contributed by atoms with Crippen LogP contribution < -0.4 is 0 Å². The van der Waals surface area contributed by atoms with E-state index in [0.717, 1.165) is 5.82 Å². The first-order valence-corrected chi connectivity index (χ1v) is 4.49. The van der Waals surface area contributed by atoms with E-state index in [1.165, 1.54) is 12.8 Å². The molecular formula is C9H15N3. The smallest absolute Gasteiger partial charge is 0.155 e. The maximum atomic E-state index is 4.45. The van der Waals surface area contributed by atoms with Crippen LogP contribution in [0, 0.1) is 0 Å². The zero-order valence-electron chi connectivity index (χ0n) is 7.91. The van der Waals surface area contributed by atoms with Crippen molar-refractivity contribution in [2.24, 2.45) is 0 Å². The van der Waals surface area contributed by atoms with Gasteiger partial charge in [-0.15, -0.1) is 0 Å². The Morgan fingerprint density at radius 3 is 2.50 bits per heavy atom. The third kappa shape index (κ3) is 1.36. The van der Waals surface area contributed by atoms with Crippen molar-refractivity contribution in [3.8, 4) is 0 Å². The van der Waals surface area contributed by atoms with Crippen molar-refractivity contribution in [3.63, 3.8) is 0 Å². The summed E-state index contributed by atoms with van der Waals surface area (Å²) in [5.41, 5.74) is 0.0835. The van der Waals surface area contributed by atoms with Gasteiger partial charge >= 0.3 is 0 Å².